The number of aromatic nitrogens is 2. The van der Waals surface area contributed by atoms with E-state index in [4.69, 9.17) is 4.74 Å². The Hall–Kier alpha value is -3.68. The first-order valence-electron chi connectivity index (χ1n) is 10.8. The molecule has 0 spiro atoms. The van der Waals surface area contributed by atoms with Crippen LogP contribution in [0.25, 0.3) is 22.2 Å². The smallest absolute Gasteiger partial charge is 0.490 e. The molecule has 0 unspecified atom stereocenters. The third kappa shape index (κ3) is 5.81. The van der Waals surface area contributed by atoms with E-state index in [1.54, 1.807) is 42.7 Å². The van der Waals surface area contributed by atoms with E-state index < -0.39 is 6.36 Å². The highest BCUT2D eigenvalue weighted by molar-refractivity contribution is 5.87. The Balaban J connectivity index is 1.46. The molecule has 176 valence electrons. The summed E-state index contributed by atoms with van der Waals surface area (Å²) in [6.07, 6.45) is 0.289. The van der Waals surface area contributed by atoms with Gasteiger partial charge >= 0.3 is 6.36 Å². The second kappa shape index (κ2) is 10.1. The van der Waals surface area contributed by atoms with Crippen molar-refractivity contribution in [1.29, 1.82) is 0 Å². The van der Waals surface area contributed by atoms with Crippen LogP contribution in [-0.4, -0.2) is 22.9 Å². The van der Waals surface area contributed by atoms with Gasteiger partial charge in [-0.3, -0.25) is 0 Å². The van der Waals surface area contributed by atoms with E-state index in [0.717, 1.165) is 22.9 Å². The predicted octanol–water partition coefficient (Wildman–Crippen LogP) is 6.91. The van der Waals surface area contributed by atoms with Crippen molar-refractivity contribution in [2.24, 2.45) is 0 Å². The third-order valence-electron chi connectivity index (χ3n) is 5.23. The Morgan fingerprint density at radius 1 is 0.853 bits per heavy atom. The molecule has 0 bridgehead atoms. The van der Waals surface area contributed by atoms with Crippen LogP contribution < -0.4 is 9.47 Å². The van der Waals surface area contributed by atoms with Gasteiger partial charge in [-0.05, 0) is 54.0 Å². The minimum absolute atomic E-state index is 0.281. The fraction of sp³-hybridized carbons (Fsp3) is 0.231. The van der Waals surface area contributed by atoms with Crippen molar-refractivity contribution < 1.29 is 27.0 Å². The minimum Gasteiger partial charge on any atom is -0.490 e. The Morgan fingerprint density at radius 3 is 2.26 bits per heavy atom. The van der Waals surface area contributed by atoms with Crippen molar-refractivity contribution in [2.45, 2.75) is 32.5 Å². The molecule has 0 saturated carbocycles. The molecule has 8 heteroatoms. The normalized spacial score (nSPS) is 11.6. The summed E-state index contributed by atoms with van der Waals surface area (Å²) in [4.78, 5) is 8.67. The molecule has 34 heavy (non-hydrogen) atoms. The van der Waals surface area contributed by atoms with E-state index in [1.165, 1.54) is 12.1 Å². The Kier molecular flexibility index (Phi) is 6.95. The molecule has 0 aliphatic rings. The summed E-state index contributed by atoms with van der Waals surface area (Å²) >= 11 is 0. The average molecular weight is 470 g/mol. The molecule has 0 fully saturated rings. The van der Waals surface area contributed by atoms with Crippen LogP contribution in [0.3, 0.4) is 0 Å². The summed E-state index contributed by atoms with van der Waals surface area (Å²) in [7, 11) is 0. The maximum atomic E-state index is 15.1. The van der Waals surface area contributed by atoms with Gasteiger partial charge in [0.15, 0.2) is 11.6 Å². The second-order valence-corrected chi connectivity index (χ2v) is 7.76. The number of alkyl halides is 3. The first-order chi connectivity index (χ1) is 16.3. The van der Waals surface area contributed by atoms with Gasteiger partial charge in [-0.2, -0.15) is 0 Å². The number of hydrogen-bond donors (Lipinski definition) is 0. The molecule has 4 rings (SSSR count). The summed E-state index contributed by atoms with van der Waals surface area (Å²) in [5, 5.41) is 1.21. The molecule has 0 aliphatic carbocycles. The summed E-state index contributed by atoms with van der Waals surface area (Å²) in [5.41, 5.74) is 2.08. The monoisotopic (exact) mass is 470 g/mol. The third-order valence-corrected chi connectivity index (χ3v) is 5.23. The van der Waals surface area contributed by atoms with Gasteiger partial charge in [0.05, 0.1) is 19.0 Å². The van der Waals surface area contributed by atoms with E-state index in [9.17, 15) is 13.2 Å². The van der Waals surface area contributed by atoms with E-state index in [2.05, 4.69) is 14.7 Å². The maximum Gasteiger partial charge on any atom is 0.573 e. The molecule has 1 aromatic heterocycles. The number of nitrogens with zero attached hydrogens (tertiary/aromatic N) is 2. The number of halogens is 4. The first kappa shape index (κ1) is 23.5. The highest BCUT2D eigenvalue weighted by Gasteiger charge is 2.30. The zero-order chi connectivity index (χ0) is 24.1. The quantitative estimate of drug-likeness (QED) is 0.263. The first-order valence-corrected chi connectivity index (χ1v) is 10.8. The van der Waals surface area contributed by atoms with Crippen molar-refractivity contribution in [3.8, 4) is 22.9 Å². The van der Waals surface area contributed by atoms with Crippen molar-refractivity contribution in [3.63, 3.8) is 0 Å². The lowest BCUT2D eigenvalue weighted by atomic mass is 9.99. The predicted molar refractivity (Wildman–Crippen MR) is 121 cm³/mol. The Morgan fingerprint density at radius 2 is 1.59 bits per heavy atom. The van der Waals surface area contributed by atoms with Crippen LogP contribution in [0.15, 0.2) is 67.0 Å². The summed E-state index contributed by atoms with van der Waals surface area (Å²) in [6.45, 7) is 2.61. The molecule has 3 aromatic carbocycles. The van der Waals surface area contributed by atoms with Crippen molar-refractivity contribution >= 4 is 10.8 Å². The van der Waals surface area contributed by atoms with E-state index in [-0.39, 0.29) is 11.6 Å². The molecular weight excluding hydrogens is 448 g/mol. The summed E-state index contributed by atoms with van der Waals surface area (Å²) < 4.78 is 61.4. The lowest BCUT2D eigenvalue weighted by molar-refractivity contribution is -0.274. The van der Waals surface area contributed by atoms with Crippen LogP contribution in [0, 0.1) is 5.82 Å². The van der Waals surface area contributed by atoms with Crippen molar-refractivity contribution in [3.05, 3.63) is 83.9 Å². The molecule has 1 heterocycles. The highest BCUT2D eigenvalue weighted by atomic mass is 19.4. The number of benzene rings is 3. The zero-order valence-electron chi connectivity index (χ0n) is 18.4. The Bertz CT molecular complexity index is 1260. The van der Waals surface area contributed by atoms with E-state index in [0.29, 0.717) is 42.0 Å². The van der Waals surface area contributed by atoms with Gasteiger partial charge in [0.25, 0.3) is 0 Å². The largest absolute Gasteiger partial charge is 0.573 e. The number of hydrogen-bond acceptors (Lipinski definition) is 4. The van der Waals surface area contributed by atoms with Gasteiger partial charge in [-0.15, -0.1) is 13.2 Å². The van der Waals surface area contributed by atoms with Gasteiger partial charge in [0, 0.05) is 10.9 Å². The fourth-order valence-corrected chi connectivity index (χ4v) is 3.57. The molecule has 0 atom stereocenters. The van der Waals surface area contributed by atoms with Crippen LogP contribution >= 0.6 is 0 Å². The highest BCUT2D eigenvalue weighted by Crippen LogP contribution is 2.28. The van der Waals surface area contributed by atoms with Gasteiger partial charge < -0.3 is 9.47 Å². The summed E-state index contributed by atoms with van der Waals surface area (Å²) in [5.74, 6) is 0.527. The molecular formula is C26H22F4N2O2. The van der Waals surface area contributed by atoms with Crippen molar-refractivity contribution in [2.75, 3.05) is 6.61 Å². The van der Waals surface area contributed by atoms with Crippen LogP contribution in [-0.2, 0) is 12.8 Å². The Labute approximate surface area is 194 Å². The number of aryl methyl sites for hydroxylation is 2. The van der Waals surface area contributed by atoms with Crippen molar-refractivity contribution in [1.82, 2.24) is 9.97 Å². The number of rotatable bonds is 8. The fourth-order valence-electron chi connectivity index (χ4n) is 3.57. The molecule has 0 N–H and O–H groups in total. The SMILES string of the molecule is CCCOc1cnc(-c2ccc3c(F)c(CCc4ccc(OC(F)(F)F)cc4)ccc3c2)nc1. The molecule has 0 amide bonds. The van der Waals surface area contributed by atoms with Crippen LogP contribution in [0.2, 0.25) is 0 Å². The minimum atomic E-state index is -4.73. The topological polar surface area (TPSA) is 44.2 Å². The zero-order valence-corrected chi connectivity index (χ0v) is 18.4. The second-order valence-electron chi connectivity index (χ2n) is 7.76. The van der Waals surface area contributed by atoms with Gasteiger partial charge in [0.1, 0.15) is 11.6 Å². The molecule has 0 aliphatic heterocycles. The van der Waals surface area contributed by atoms with Gasteiger partial charge in [0.2, 0.25) is 0 Å². The van der Waals surface area contributed by atoms with Crippen LogP contribution in [0.5, 0.6) is 11.5 Å². The van der Waals surface area contributed by atoms with Crippen LogP contribution in [0.4, 0.5) is 17.6 Å². The summed E-state index contributed by atoms with van der Waals surface area (Å²) in [6, 6.07) is 14.5. The molecule has 4 nitrogen and oxygen atoms in total. The van der Waals surface area contributed by atoms with E-state index >= 15 is 4.39 Å². The lowest BCUT2D eigenvalue weighted by Crippen LogP contribution is -2.17. The average Bonchev–Trinajstić information content (AvgIpc) is 2.82. The standard InChI is InChI=1S/C26H22F4N2O2/c1-2-13-33-22-15-31-25(32-16-22)20-9-12-23-19(14-20)8-7-18(24(23)27)6-3-17-4-10-21(11-5-17)34-26(28,29)30/h4-5,7-12,14-16H,2-3,6,13H2,1H3. The van der Waals surface area contributed by atoms with Crippen LogP contribution in [0.1, 0.15) is 24.5 Å². The lowest BCUT2D eigenvalue weighted by Gasteiger charge is -2.10. The van der Waals surface area contributed by atoms with Gasteiger partial charge in [-0.1, -0.05) is 43.3 Å². The molecule has 0 saturated heterocycles. The molecule has 0 radical (unpaired) electrons. The number of ether oxygens (including phenoxy) is 2. The number of fused-ring (bicyclic) bond motifs is 1. The van der Waals surface area contributed by atoms with Gasteiger partial charge in [-0.25, -0.2) is 14.4 Å². The van der Waals surface area contributed by atoms with E-state index in [1.807, 2.05) is 19.1 Å². The molecule has 4 aromatic rings. The maximum absolute atomic E-state index is 15.1.